The number of benzene rings is 3. The Morgan fingerprint density at radius 1 is 0.892 bits per heavy atom. The van der Waals surface area contributed by atoms with Gasteiger partial charge in [0.25, 0.3) is 0 Å². The number of hydrogen-bond donors (Lipinski definition) is 3. The van der Waals surface area contributed by atoms with Gasteiger partial charge in [-0.3, -0.25) is 0 Å². The number of amides is 4. The monoisotopic (exact) mass is 541 g/mol. The zero-order chi connectivity index (χ0) is 26.4. The molecule has 4 amide bonds. The van der Waals surface area contributed by atoms with Gasteiger partial charge in [0.15, 0.2) is 0 Å². The Kier molecular flexibility index (Phi) is 8.63. The number of ether oxygens (including phenoxy) is 1. The Hall–Kier alpha value is -3.62. The van der Waals surface area contributed by atoms with Crippen LogP contribution in [0.15, 0.2) is 60.7 Å². The summed E-state index contributed by atoms with van der Waals surface area (Å²) in [6.45, 7) is 6.81. The van der Waals surface area contributed by atoms with Crippen LogP contribution in [0.25, 0.3) is 0 Å². The maximum absolute atomic E-state index is 12.7. The molecule has 4 rings (SSSR count). The summed E-state index contributed by atoms with van der Waals surface area (Å²) >= 11 is 12.3. The van der Waals surface area contributed by atoms with Gasteiger partial charge in [-0.2, -0.15) is 0 Å². The molecule has 0 unspecified atom stereocenters. The van der Waals surface area contributed by atoms with Crippen LogP contribution in [0.3, 0.4) is 0 Å². The summed E-state index contributed by atoms with van der Waals surface area (Å²) in [6, 6.07) is 17.8. The van der Waals surface area contributed by atoms with Gasteiger partial charge < -0.3 is 30.5 Å². The highest BCUT2D eigenvalue weighted by Crippen LogP contribution is 2.30. The molecular formula is C27H29Cl2N5O3. The van der Waals surface area contributed by atoms with E-state index in [2.05, 4.69) is 20.9 Å². The van der Waals surface area contributed by atoms with Gasteiger partial charge in [-0.05, 0) is 67.9 Å². The van der Waals surface area contributed by atoms with Crippen LogP contribution in [0.4, 0.5) is 32.3 Å². The number of piperazine rings is 1. The van der Waals surface area contributed by atoms with Gasteiger partial charge in [-0.1, -0.05) is 35.3 Å². The fourth-order valence-electron chi connectivity index (χ4n) is 4.03. The van der Waals surface area contributed by atoms with Crippen molar-refractivity contribution in [1.29, 1.82) is 0 Å². The summed E-state index contributed by atoms with van der Waals surface area (Å²) < 4.78 is 5.60. The van der Waals surface area contributed by atoms with Crippen LogP contribution in [0, 0.1) is 6.92 Å². The SMILES string of the molecule is CCOc1ccc(C)cc1NC(=O)Nc1ccc(N2CCN(C(=O)Nc3c(Cl)cccc3Cl)CC2)cc1. The van der Waals surface area contributed by atoms with Crippen molar-refractivity contribution >= 4 is 58.0 Å². The second-order valence-corrected chi connectivity index (χ2v) is 9.37. The maximum atomic E-state index is 12.7. The topological polar surface area (TPSA) is 85.9 Å². The molecule has 0 atom stereocenters. The van der Waals surface area contributed by atoms with E-state index >= 15 is 0 Å². The van der Waals surface area contributed by atoms with E-state index in [0.717, 1.165) is 11.3 Å². The van der Waals surface area contributed by atoms with Crippen molar-refractivity contribution in [3.05, 3.63) is 76.3 Å². The van der Waals surface area contributed by atoms with Crippen molar-refractivity contribution in [2.45, 2.75) is 13.8 Å². The first-order chi connectivity index (χ1) is 17.8. The lowest BCUT2D eigenvalue weighted by molar-refractivity contribution is 0.208. The lowest BCUT2D eigenvalue weighted by atomic mass is 10.2. The van der Waals surface area contributed by atoms with Gasteiger partial charge in [0.05, 0.1) is 28.0 Å². The number of nitrogens with zero attached hydrogens (tertiary/aromatic N) is 2. The molecule has 194 valence electrons. The van der Waals surface area contributed by atoms with Crippen LogP contribution in [-0.2, 0) is 0 Å². The molecule has 0 aliphatic carbocycles. The second-order valence-electron chi connectivity index (χ2n) is 8.56. The molecule has 37 heavy (non-hydrogen) atoms. The first kappa shape index (κ1) is 26.4. The molecule has 1 heterocycles. The maximum Gasteiger partial charge on any atom is 0.323 e. The van der Waals surface area contributed by atoms with E-state index in [9.17, 15) is 9.59 Å². The highest BCUT2D eigenvalue weighted by molar-refractivity contribution is 6.39. The van der Waals surface area contributed by atoms with Crippen LogP contribution >= 0.6 is 23.2 Å². The van der Waals surface area contributed by atoms with Crippen molar-refractivity contribution in [2.75, 3.05) is 53.6 Å². The van der Waals surface area contributed by atoms with Gasteiger partial charge in [0, 0.05) is 37.6 Å². The Morgan fingerprint density at radius 3 is 2.22 bits per heavy atom. The van der Waals surface area contributed by atoms with Crippen LogP contribution in [-0.4, -0.2) is 49.7 Å². The summed E-state index contributed by atoms with van der Waals surface area (Å²) in [6.07, 6.45) is 0. The normalized spacial score (nSPS) is 13.2. The molecule has 8 nitrogen and oxygen atoms in total. The summed E-state index contributed by atoms with van der Waals surface area (Å²) in [5, 5.41) is 9.32. The molecule has 0 saturated carbocycles. The third kappa shape index (κ3) is 6.78. The first-order valence-corrected chi connectivity index (χ1v) is 12.8. The van der Waals surface area contributed by atoms with E-state index in [0.29, 0.717) is 65.6 Å². The fraction of sp³-hybridized carbons (Fsp3) is 0.259. The Labute approximate surface area is 226 Å². The number of aryl methyl sites for hydroxylation is 1. The van der Waals surface area contributed by atoms with E-state index in [1.165, 1.54) is 0 Å². The molecule has 1 fully saturated rings. The highest BCUT2D eigenvalue weighted by Gasteiger charge is 2.22. The van der Waals surface area contributed by atoms with E-state index in [1.807, 2.05) is 56.3 Å². The zero-order valence-corrected chi connectivity index (χ0v) is 22.2. The van der Waals surface area contributed by atoms with Crippen molar-refractivity contribution in [3.8, 4) is 5.75 Å². The lowest BCUT2D eigenvalue weighted by Gasteiger charge is -2.36. The van der Waals surface area contributed by atoms with Gasteiger partial charge in [-0.15, -0.1) is 0 Å². The molecule has 10 heteroatoms. The predicted molar refractivity (Wildman–Crippen MR) is 151 cm³/mol. The molecule has 1 aliphatic rings. The van der Waals surface area contributed by atoms with Gasteiger partial charge in [0.2, 0.25) is 0 Å². The minimum atomic E-state index is -0.349. The highest BCUT2D eigenvalue weighted by atomic mass is 35.5. The van der Waals surface area contributed by atoms with Crippen LogP contribution in [0.2, 0.25) is 10.0 Å². The fourth-order valence-corrected chi connectivity index (χ4v) is 4.53. The van der Waals surface area contributed by atoms with Gasteiger partial charge in [0.1, 0.15) is 5.75 Å². The second kappa shape index (κ2) is 12.1. The van der Waals surface area contributed by atoms with E-state index < -0.39 is 0 Å². The minimum Gasteiger partial charge on any atom is -0.492 e. The number of carbonyl (C=O) groups is 2. The standard InChI is InChI=1S/C27H29Cl2N5O3/c1-3-37-24-12-7-18(2)17-23(24)31-26(35)30-19-8-10-20(11-9-19)33-13-15-34(16-14-33)27(36)32-25-21(28)5-4-6-22(25)29/h4-12,17H,3,13-16H2,1-2H3,(H,32,36)(H2,30,31,35). The summed E-state index contributed by atoms with van der Waals surface area (Å²) in [5.74, 6) is 0.626. The third-order valence-corrected chi connectivity index (χ3v) is 6.56. The average molecular weight is 542 g/mol. The van der Waals surface area contributed by atoms with E-state index in [1.54, 1.807) is 23.1 Å². The molecule has 3 aromatic rings. The molecule has 3 N–H and O–H groups in total. The lowest BCUT2D eigenvalue weighted by Crippen LogP contribution is -2.50. The van der Waals surface area contributed by atoms with Crippen LogP contribution in [0.5, 0.6) is 5.75 Å². The number of rotatable bonds is 6. The Morgan fingerprint density at radius 2 is 1.57 bits per heavy atom. The van der Waals surface area contributed by atoms with Crippen molar-refractivity contribution in [1.82, 2.24) is 4.90 Å². The number of nitrogens with one attached hydrogen (secondary N) is 3. The molecule has 0 aromatic heterocycles. The number of urea groups is 2. The molecular weight excluding hydrogens is 513 g/mol. The zero-order valence-electron chi connectivity index (χ0n) is 20.7. The Balaban J connectivity index is 1.29. The smallest absolute Gasteiger partial charge is 0.323 e. The van der Waals surface area contributed by atoms with E-state index in [-0.39, 0.29) is 12.1 Å². The molecule has 3 aromatic carbocycles. The molecule has 1 aliphatic heterocycles. The third-order valence-electron chi connectivity index (χ3n) is 5.94. The quantitative estimate of drug-likeness (QED) is 0.324. The summed E-state index contributed by atoms with van der Waals surface area (Å²) in [7, 11) is 0. The number of para-hydroxylation sites is 1. The molecule has 1 saturated heterocycles. The van der Waals surface area contributed by atoms with Gasteiger partial charge in [-0.25, -0.2) is 9.59 Å². The van der Waals surface area contributed by atoms with Crippen LogP contribution in [0.1, 0.15) is 12.5 Å². The predicted octanol–water partition coefficient (Wildman–Crippen LogP) is 6.70. The number of halogens is 2. The van der Waals surface area contributed by atoms with Crippen LogP contribution < -0.4 is 25.6 Å². The van der Waals surface area contributed by atoms with Crippen molar-refractivity contribution in [2.24, 2.45) is 0 Å². The average Bonchev–Trinajstić information content (AvgIpc) is 2.88. The summed E-state index contributed by atoms with van der Waals surface area (Å²) in [5.41, 5.74) is 3.74. The van der Waals surface area contributed by atoms with Crippen molar-refractivity contribution in [3.63, 3.8) is 0 Å². The van der Waals surface area contributed by atoms with Crippen molar-refractivity contribution < 1.29 is 14.3 Å². The molecule has 0 radical (unpaired) electrons. The van der Waals surface area contributed by atoms with E-state index in [4.69, 9.17) is 27.9 Å². The molecule has 0 bridgehead atoms. The largest absolute Gasteiger partial charge is 0.492 e. The Bertz CT molecular complexity index is 1240. The molecule has 0 spiro atoms. The number of anilines is 4. The minimum absolute atomic E-state index is 0.235. The first-order valence-electron chi connectivity index (χ1n) is 12.0. The van der Waals surface area contributed by atoms with Gasteiger partial charge >= 0.3 is 12.1 Å². The summed E-state index contributed by atoms with van der Waals surface area (Å²) in [4.78, 5) is 29.2. The number of carbonyl (C=O) groups excluding carboxylic acids is 2. The number of hydrogen-bond acceptors (Lipinski definition) is 4.